The summed E-state index contributed by atoms with van der Waals surface area (Å²) in [7, 11) is 0. The number of fused-ring (bicyclic) bond motifs is 6. The van der Waals surface area contributed by atoms with Crippen LogP contribution in [-0.2, 0) is 24.7 Å². The lowest BCUT2D eigenvalue weighted by Crippen LogP contribution is -2.08. The summed E-state index contributed by atoms with van der Waals surface area (Å²) in [5, 5.41) is 0.114. The predicted octanol–water partition coefficient (Wildman–Crippen LogP) is 17.1. The van der Waals surface area contributed by atoms with E-state index in [4.69, 9.17) is 15.0 Å². The maximum atomic E-state index is 15.1. The molecule has 0 aliphatic carbocycles. The summed E-state index contributed by atoms with van der Waals surface area (Å²) in [5.74, 6) is 0.299. The molecule has 0 fully saturated rings. The number of nitrogens with zero attached hydrogens (tertiary/aromatic N) is 5. The molecule has 0 saturated carbocycles. The lowest BCUT2D eigenvalue weighted by Gasteiger charge is -2.20. The minimum atomic E-state index is -5.00. The zero-order chi connectivity index (χ0) is 51.4. The molecular formula is C56H31F12N5. The van der Waals surface area contributed by atoms with Gasteiger partial charge in [0.1, 0.15) is 0 Å². The standard InChI is InChI=1S/C56H31F12N5/c1-30-12-19-45-40(24-30)42-26-34(54(60,61)62)13-20-46(42)72(45)37-17-18-38(52-70-50(31-8-4-2-5-9-31)69-51(71-52)32-10-6-3-7-11-32)39(29-37)41-25-33(53(57,58)59)14-21-47(41)73-48-22-15-35(55(63,64)65)27-43(48)44-28-36(56(66,67)68)16-23-49(44)73/h2-29H,1H3. The van der Waals surface area contributed by atoms with E-state index < -0.39 is 47.0 Å². The van der Waals surface area contributed by atoms with E-state index in [1.165, 1.54) is 16.7 Å². The first kappa shape index (κ1) is 46.9. The van der Waals surface area contributed by atoms with Crippen LogP contribution in [0.4, 0.5) is 52.7 Å². The maximum absolute atomic E-state index is 15.1. The molecule has 0 saturated heterocycles. The van der Waals surface area contributed by atoms with Crippen molar-refractivity contribution in [3.8, 4) is 56.7 Å². The molecule has 11 aromatic rings. The molecule has 73 heavy (non-hydrogen) atoms. The van der Waals surface area contributed by atoms with E-state index in [1.807, 2.05) is 0 Å². The fourth-order valence-corrected chi connectivity index (χ4v) is 9.37. The number of halogens is 12. The van der Waals surface area contributed by atoms with E-state index in [2.05, 4.69) is 0 Å². The number of aromatic nitrogens is 5. The molecular weight excluding hydrogens is 971 g/mol. The van der Waals surface area contributed by atoms with Gasteiger partial charge in [-0.05, 0) is 116 Å². The summed E-state index contributed by atoms with van der Waals surface area (Å²) in [6.07, 6.45) is -19.6. The summed E-state index contributed by atoms with van der Waals surface area (Å²) in [4.78, 5) is 14.5. The summed E-state index contributed by atoms with van der Waals surface area (Å²) in [6, 6.07) is 38.2. The van der Waals surface area contributed by atoms with Gasteiger partial charge in [-0.3, -0.25) is 0 Å². The van der Waals surface area contributed by atoms with Crippen molar-refractivity contribution in [2.45, 2.75) is 31.6 Å². The highest BCUT2D eigenvalue weighted by Gasteiger charge is 2.36. The first-order valence-corrected chi connectivity index (χ1v) is 22.2. The Bertz CT molecular complexity index is 3850. The molecule has 0 bridgehead atoms. The topological polar surface area (TPSA) is 48.5 Å². The molecule has 17 heteroatoms. The van der Waals surface area contributed by atoms with E-state index in [0.717, 1.165) is 60.2 Å². The summed E-state index contributed by atoms with van der Waals surface area (Å²) >= 11 is 0. The third kappa shape index (κ3) is 8.37. The predicted molar refractivity (Wildman–Crippen MR) is 255 cm³/mol. The van der Waals surface area contributed by atoms with Gasteiger partial charge in [-0.2, -0.15) is 52.7 Å². The van der Waals surface area contributed by atoms with Gasteiger partial charge in [0.25, 0.3) is 0 Å². The molecule has 0 amide bonds. The molecule has 0 N–H and O–H groups in total. The fraction of sp³-hybridized carbons (Fsp3) is 0.0893. The Balaban J connectivity index is 1.28. The number of rotatable bonds is 6. The fourth-order valence-electron chi connectivity index (χ4n) is 9.37. The minimum Gasteiger partial charge on any atom is -0.309 e. The van der Waals surface area contributed by atoms with Crippen molar-refractivity contribution < 1.29 is 52.7 Å². The SMILES string of the molecule is Cc1ccc2c(c1)c1cc(C(F)(F)F)ccc1n2-c1ccc(-c2nc(-c3ccccc3)nc(-c3ccccc3)n2)c(-c2cc(C(F)(F)F)ccc2-n2c3ccc(C(F)(F)F)cc3c3cc(C(F)(F)F)ccc32)c1. The molecule has 364 valence electrons. The Morgan fingerprint density at radius 1 is 0.329 bits per heavy atom. The van der Waals surface area contributed by atoms with E-state index in [0.29, 0.717) is 39.7 Å². The average Bonchev–Trinajstić information content (AvgIpc) is 3.86. The molecule has 3 heterocycles. The van der Waals surface area contributed by atoms with Crippen molar-refractivity contribution in [2.24, 2.45) is 0 Å². The van der Waals surface area contributed by atoms with Crippen LogP contribution in [0.15, 0.2) is 170 Å². The zero-order valence-electron chi connectivity index (χ0n) is 37.4. The first-order valence-electron chi connectivity index (χ1n) is 22.2. The molecule has 0 spiro atoms. The largest absolute Gasteiger partial charge is 0.416 e. The molecule has 0 aliphatic heterocycles. The van der Waals surface area contributed by atoms with E-state index in [9.17, 15) is 39.5 Å². The monoisotopic (exact) mass is 1000 g/mol. The number of aryl methyl sites for hydroxylation is 1. The van der Waals surface area contributed by atoms with E-state index in [-0.39, 0.29) is 72.7 Å². The van der Waals surface area contributed by atoms with Crippen LogP contribution < -0.4 is 0 Å². The highest BCUT2D eigenvalue weighted by atomic mass is 19.4. The Morgan fingerprint density at radius 3 is 1.19 bits per heavy atom. The van der Waals surface area contributed by atoms with Crippen molar-refractivity contribution >= 4 is 43.6 Å². The van der Waals surface area contributed by atoms with Gasteiger partial charge in [-0.15, -0.1) is 0 Å². The second kappa shape index (κ2) is 16.8. The molecule has 0 radical (unpaired) electrons. The van der Waals surface area contributed by atoms with Gasteiger partial charge in [-0.25, -0.2) is 15.0 Å². The van der Waals surface area contributed by atoms with Gasteiger partial charge >= 0.3 is 24.7 Å². The highest BCUT2D eigenvalue weighted by Crippen LogP contribution is 2.46. The second-order valence-corrected chi connectivity index (χ2v) is 17.4. The lowest BCUT2D eigenvalue weighted by atomic mass is 9.94. The van der Waals surface area contributed by atoms with Crippen LogP contribution in [0.25, 0.3) is 100 Å². The second-order valence-electron chi connectivity index (χ2n) is 17.4. The van der Waals surface area contributed by atoms with Crippen LogP contribution in [0.3, 0.4) is 0 Å². The Hall–Kier alpha value is -8.47. The average molecular weight is 1000 g/mol. The molecule has 11 rings (SSSR count). The molecule has 0 unspecified atom stereocenters. The number of hydrogen-bond donors (Lipinski definition) is 0. The van der Waals surface area contributed by atoms with Crippen LogP contribution in [0.5, 0.6) is 0 Å². The van der Waals surface area contributed by atoms with E-state index in [1.54, 1.807) is 102 Å². The van der Waals surface area contributed by atoms with Crippen molar-refractivity contribution in [2.75, 3.05) is 0 Å². The molecule has 8 aromatic carbocycles. The van der Waals surface area contributed by atoms with E-state index >= 15 is 13.2 Å². The molecule has 0 aliphatic rings. The van der Waals surface area contributed by atoms with Crippen molar-refractivity contribution in [3.05, 3.63) is 198 Å². The summed E-state index contributed by atoms with van der Waals surface area (Å²) in [5.41, 5.74) is -2.01. The van der Waals surface area contributed by atoms with Crippen molar-refractivity contribution in [3.63, 3.8) is 0 Å². The molecule has 0 atom stereocenters. The van der Waals surface area contributed by atoms with Crippen LogP contribution in [0.2, 0.25) is 0 Å². The number of hydrogen-bond acceptors (Lipinski definition) is 3. The summed E-state index contributed by atoms with van der Waals surface area (Å²) in [6.45, 7) is 1.77. The molecule has 5 nitrogen and oxygen atoms in total. The van der Waals surface area contributed by atoms with Crippen LogP contribution >= 0.6 is 0 Å². The Kier molecular flexibility index (Phi) is 10.8. The summed E-state index contributed by atoms with van der Waals surface area (Å²) < 4.78 is 177. The molecule has 3 aromatic heterocycles. The van der Waals surface area contributed by atoms with Crippen LogP contribution in [0, 0.1) is 6.92 Å². The van der Waals surface area contributed by atoms with Gasteiger partial charge in [-0.1, -0.05) is 72.3 Å². The van der Waals surface area contributed by atoms with Gasteiger partial charge in [0.05, 0.1) is 50.0 Å². The van der Waals surface area contributed by atoms with Gasteiger partial charge < -0.3 is 9.13 Å². The van der Waals surface area contributed by atoms with Gasteiger partial charge in [0, 0.05) is 49.5 Å². The smallest absolute Gasteiger partial charge is 0.309 e. The van der Waals surface area contributed by atoms with Gasteiger partial charge in [0.2, 0.25) is 0 Å². The third-order valence-electron chi connectivity index (χ3n) is 12.7. The number of benzene rings is 8. The first-order chi connectivity index (χ1) is 34.6. The van der Waals surface area contributed by atoms with Crippen molar-refractivity contribution in [1.29, 1.82) is 0 Å². The highest BCUT2D eigenvalue weighted by molar-refractivity contribution is 6.11. The van der Waals surface area contributed by atoms with Crippen molar-refractivity contribution in [1.82, 2.24) is 24.1 Å². The number of alkyl halides is 12. The van der Waals surface area contributed by atoms with Gasteiger partial charge in [0.15, 0.2) is 17.5 Å². The minimum absolute atomic E-state index is 0.00864. The van der Waals surface area contributed by atoms with Crippen LogP contribution in [0.1, 0.15) is 27.8 Å². The lowest BCUT2D eigenvalue weighted by molar-refractivity contribution is -0.138. The Morgan fingerprint density at radius 2 is 0.726 bits per heavy atom. The zero-order valence-corrected chi connectivity index (χ0v) is 37.4. The third-order valence-corrected chi connectivity index (χ3v) is 12.7. The Labute approximate surface area is 405 Å². The quantitative estimate of drug-likeness (QED) is 0.156. The van der Waals surface area contributed by atoms with Crippen LogP contribution in [-0.4, -0.2) is 24.1 Å². The normalized spacial score (nSPS) is 12.7. The maximum Gasteiger partial charge on any atom is 0.416 e.